The van der Waals surface area contributed by atoms with Crippen LogP contribution in [0.1, 0.15) is 20.8 Å². The summed E-state index contributed by atoms with van der Waals surface area (Å²) in [6.45, 7) is 5.89. The number of carbonyl (C=O) groups is 1. The molecule has 0 aromatic heterocycles. The zero-order valence-electron chi connectivity index (χ0n) is 8.91. The first-order valence-corrected chi connectivity index (χ1v) is 4.55. The SMILES string of the molecule is CCOCCOCC(C)(O)OC(C)=O. The zero-order chi connectivity index (χ0) is 11.0. The zero-order valence-corrected chi connectivity index (χ0v) is 8.91. The smallest absolute Gasteiger partial charge is 0.305 e. The second-order valence-corrected chi connectivity index (χ2v) is 3.02. The third-order valence-corrected chi connectivity index (χ3v) is 1.31. The highest BCUT2D eigenvalue weighted by Gasteiger charge is 2.23. The summed E-state index contributed by atoms with van der Waals surface area (Å²) in [5.41, 5.74) is 0. The Morgan fingerprint density at radius 2 is 1.93 bits per heavy atom. The van der Waals surface area contributed by atoms with Crippen molar-refractivity contribution in [3.63, 3.8) is 0 Å². The first kappa shape index (κ1) is 13.4. The molecule has 5 nitrogen and oxygen atoms in total. The first-order chi connectivity index (χ1) is 6.48. The molecule has 0 aliphatic carbocycles. The molecule has 0 rings (SSSR count). The standard InChI is InChI=1S/C9H18O5/c1-4-12-5-6-13-7-9(3,11)14-8(2)10/h11H,4-7H2,1-3H3. The maximum absolute atomic E-state index is 10.5. The lowest BCUT2D eigenvalue weighted by atomic mass is 10.3. The highest BCUT2D eigenvalue weighted by atomic mass is 16.7. The second kappa shape index (κ2) is 6.75. The van der Waals surface area contributed by atoms with Crippen molar-refractivity contribution in [2.75, 3.05) is 26.4 Å². The molecule has 0 aromatic carbocycles. The quantitative estimate of drug-likeness (QED) is 0.369. The molecule has 0 aromatic rings. The van der Waals surface area contributed by atoms with Gasteiger partial charge in [0, 0.05) is 20.5 Å². The summed E-state index contributed by atoms with van der Waals surface area (Å²) >= 11 is 0. The molecule has 0 aliphatic rings. The Bertz CT molecular complexity index is 167. The van der Waals surface area contributed by atoms with Crippen molar-refractivity contribution in [3.8, 4) is 0 Å². The summed E-state index contributed by atoms with van der Waals surface area (Å²) in [5, 5.41) is 9.43. The summed E-state index contributed by atoms with van der Waals surface area (Å²) in [4.78, 5) is 10.5. The third-order valence-electron chi connectivity index (χ3n) is 1.31. The normalized spacial score (nSPS) is 14.9. The molecule has 0 saturated carbocycles. The van der Waals surface area contributed by atoms with E-state index in [9.17, 15) is 9.90 Å². The highest BCUT2D eigenvalue weighted by molar-refractivity contribution is 5.66. The van der Waals surface area contributed by atoms with Crippen molar-refractivity contribution < 1.29 is 24.1 Å². The maximum Gasteiger partial charge on any atom is 0.305 e. The van der Waals surface area contributed by atoms with E-state index >= 15 is 0 Å². The molecule has 0 heterocycles. The minimum Gasteiger partial charge on any atom is -0.431 e. The van der Waals surface area contributed by atoms with E-state index in [0.717, 1.165) is 0 Å². The fourth-order valence-electron chi connectivity index (χ4n) is 0.863. The molecule has 0 fully saturated rings. The molecule has 1 unspecified atom stereocenters. The van der Waals surface area contributed by atoms with E-state index in [1.165, 1.54) is 13.8 Å². The Hall–Kier alpha value is -0.650. The van der Waals surface area contributed by atoms with Crippen LogP contribution in [0.15, 0.2) is 0 Å². The van der Waals surface area contributed by atoms with E-state index in [2.05, 4.69) is 4.74 Å². The summed E-state index contributed by atoms with van der Waals surface area (Å²) in [6, 6.07) is 0. The van der Waals surface area contributed by atoms with E-state index in [-0.39, 0.29) is 6.61 Å². The van der Waals surface area contributed by atoms with E-state index < -0.39 is 11.8 Å². The minimum atomic E-state index is -1.56. The molecule has 0 amide bonds. The average molecular weight is 206 g/mol. The molecular formula is C9H18O5. The molecule has 0 bridgehead atoms. The van der Waals surface area contributed by atoms with Gasteiger partial charge in [-0.3, -0.25) is 4.79 Å². The van der Waals surface area contributed by atoms with Gasteiger partial charge < -0.3 is 19.3 Å². The number of ether oxygens (including phenoxy) is 3. The van der Waals surface area contributed by atoms with E-state index in [1.807, 2.05) is 6.92 Å². The van der Waals surface area contributed by atoms with Crippen molar-refractivity contribution in [1.29, 1.82) is 0 Å². The van der Waals surface area contributed by atoms with Gasteiger partial charge in [0.1, 0.15) is 6.61 Å². The third kappa shape index (κ3) is 7.97. The summed E-state index contributed by atoms with van der Waals surface area (Å²) in [6.07, 6.45) is 0. The van der Waals surface area contributed by atoms with Crippen LogP contribution in [-0.4, -0.2) is 43.3 Å². The number of hydrogen-bond acceptors (Lipinski definition) is 5. The topological polar surface area (TPSA) is 65.0 Å². The predicted octanol–water partition coefficient (Wildman–Crippen LogP) is 0.311. The van der Waals surface area contributed by atoms with Crippen LogP contribution in [0.3, 0.4) is 0 Å². The van der Waals surface area contributed by atoms with Gasteiger partial charge in [-0.2, -0.15) is 0 Å². The molecule has 14 heavy (non-hydrogen) atoms. The van der Waals surface area contributed by atoms with Crippen molar-refractivity contribution in [2.45, 2.75) is 26.6 Å². The Kier molecular flexibility index (Phi) is 6.44. The molecule has 84 valence electrons. The highest BCUT2D eigenvalue weighted by Crippen LogP contribution is 2.06. The van der Waals surface area contributed by atoms with Crippen LogP contribution in [0.25, 0.3) is 0 Å². The van der Waals surface area contributed by atoms with Crippen molar-refractivity contribution in [2.24, 2.45) is 0 Å². The number of aliphatic hydroxyl groups is 1. The van der Waals surface area contributed by atoms with Gasteiger partial charge >= 0.3 is 5.97 Å². The van der Waals surface area contributed by atoms with Crippen LogP contribution in [0, 0.1) is 0 Å². The van der Waals surface area contributed by atoms with E-state index in [1.54, 1.807) is 0 Å². The molecular weight excluding hydrogens is 188 g/mol. The van der Waals surface area contributed by atoms with E-state index in [0.29, 0.717) is 19.8 Å². The lowest BCUT2D eigenvalue weighted by molar-refractivity contribution is -0.219. The summed E-state index contributed by atoms with van der Waals surface area (Å²) in [5.74, 6) is -2.10. The van der Waals surface area contributed by atoms with Gasteiger partial charge in [0.15, 0.2) is 0 Å². The Labute approximate surface area is 84.0 Å². The maximum atomic E-state index is 10.5. The Balaban J connectivity index is 3.50. The monoisotopic (exact) mass is 206 g/mol. The fourth-order valence-corrected chi connectivity index (χ4v) is 0.863. The minimum absolute atomic E-state index is 0.0559. The van der Waals surface area contributed by atoms with Gasteiger partial charge in [0.05, 0.1) is 13.2 Å². The molecule has 1 atom stereocenters. The Morgan fingerprint density at radius 1 is 1.36 bits per heavy atom. The van der Waals surface area contributed by atoms with Crippen LogP contribution in [0.4, 0.5) is 0 Å². The fraction of sp³-hybridized carbons (Fsp3) is 0.889. The molecule has 1 N–H and O–H groups in total. The average Bonchev–Trinajstić information content (AvgIpc) is 2.01. The van der Waals surface area contributed by atoms with Gasteiger partial charge in [0.2, 0.25) is 5.79 Å². The molecule has 0 saturated heterocycles. The van der Waals surface area contributed by atoms with Crippen LogP contribution in [-0.2, 0) is 19.0 Å². The van der Waals surface area contributed by atoms with Crippen LogP contribution < -0.4 is 0 Å². The first-order valence-electron chi connectivity index (χ1n) is 4.55. The largest absolute Gasteiger partial charge is 0.431 e. The number of rotatable bonds is 7. The molecule has 0 aliphatic heterocycles. The van der Waals surface area contributed by atoms with Gasteiger partial charge in [0.25, 0.3) is 0 Å². The molecule has 0 spiro atoms. The van der Waals surface area contributed by atoms with Gasteiger partial charge in [-0.25, -0.2) is 0 Å². The van der Waals surface area contributed by atoms with Crippen molar-refractivity contribution in [3.05, 3.63) is 0 Å². The Morgan fingerprint density at radius 3 is 2.43 bits per heavy atom. The lowest BCUT2D eigenvalue weighted by Gasteiger charge is -2.22. The van der Waals surface area contributed by atoms with Crippen LogP contribution in [0.2, 0.25) is 0 Å². The summed E-state index contributed by atoms with van der Waals surface area (Å²) < 4.78 is 14.7. The molecule has 0 radical (unpaired) electrons. The van der Waals surface area contributed by atoms with Gasteiger partial charge in [-0.1, -0.05) is 0 Å². The number of esters is 1. The number of hydrogen-bond donors (Lipinski definition) is 1. The predicted molar refractivity (Wildman–Crippen MR) is 49.7 cm³/mol. The lowest BCUT2D eigenvalue weighted by Crippen LogP contribution is -2.36. The second-order valence-electron chi connectivity index (χ2n) is 3.02. The summed E-state index contributed by atoms with van der Waals surface area (Å²) in [7, 11) is 0. The van der Waals surface area contributed by atoms with Crippen molar-refractivity contribution >= 4 is 5.97 Å². The number of carbonyl (C=O) groups excluding carboxylic acids is 1. The van der Waals surface area contributed by atoms with Gasteiger partial charge in [-0.15, -0.1) is 0 Å². The molecule has 5 heteroatoms. The van der Waals surface area contributed by atoms with Gasteiger partial charge in [-0.05, 0) is 6.92 Å². The van der Waals surface area contributed by atoms with Crippen LogP contribution >= 0.6 is 0 Å². The van der Waals surface area contributed by atoms with E-state index in [4.69, 9.17) is 9.47 Å². The van der Waals surface area contributed by atoms with Crippen molar-refractivity contribution in [1.82, 2.24) is 0 Å². The van der Waals surface area contributed by atoms with Crippen LogP contribution in [0.5, 0.6) is 0 Å².